The quantitative estimate of drug-likeness (QED) is 0.298. The lowest BCUT2D eigenvalue weighted by atomic mass is 10.1. The van der Waals surface area contributed by atoms with E-state index in [2.05, 4.69) is 28.1 Å². The number of hydrogen-bond acceptors (Lipinski definition) is 6. The fourth-order valence-corrected chi connectivity index (χ4v) is 2.61. The van der Waals surface area contributed by atoms with Crippen molar-refractivity contribution in [3.8, 4) is 11.5 Å². The van der Waals surface area contributed by atoms with E-state index in [0.29, 0.717) is 35.9 Å². The van der Waals surface area contributed by atoms with E-state index in [4.69, 9.17) is 9.47 Å². The zero-order valence-corrected chi connectivity index (χ0v) is 18.4. The highest BCUT2D eigenvalue weighted by molar-refractivity contribution is 6.35. The van der Waals surface area contributed by atoms with Crippen LogP contribution in [-0.2, 0) is 20.8 Å². The fraction of sp³-hybridized carbons (Fsp3) is 0.304. The summed E-state index contributed by atoms with van der Waals surface area (Å²) in [5.74, 6) is -1.10. The average Bonchev–Trinajstić information content (AvgIpc) is 2.79. The first-order chi connectivity index (χ1) is 15.5. The maximum Gasteiger partial charge on any atom is 0.329 e. The molecule has 0 unspecified atom stereocenters. The Balaban J connectivity index is 1.96. The van der Waals surface area contributed by atoms with Gasteiger partial charge in [0.2, 0.25) is 0 Å². The van der Waals surface area contributed by atoms with E-state index in [0.717, 1.165) is 6.42 Å². The third kappa shape index (κ3) is 7.75. The van der Waals surface area contributed by atoms with Gasteiger partial charge in [-0.25, -0.2) is 5.43 Å². The number of nitrogens with zero attached hydrogens (tertiary/aromatic N) is 1. The molecule has 32 heavy (non-hydrogen) atoms. The van der Waals surface area contributed by atoms with Gasteiger partial charge in [-0.15, -0.1) is 0 Å². The molecule has 9 nitrogen and oxygen atoms in total. The number of likely N-dealkylation sites (N-methyl/N-ethyl adjacent to an activating group) is 1. The highest BCUT2D eigenvalue weighted by atomic mass is 16.5. The van der Waals surface area contributed by atoms with E-state index in [1.807, 2.05) is 31.2 Å². The smallest absolute Gasteiger partial charge is 0.329 e. The molecule has 0 aromatic heterocycles. The molecule has 0 fully saturated rings. The topological polar surface area (TPSA) is 118 Å². The van der Waals surface area contributed by atoms with Crippen molar-refractivity contribution in [2.45, 2.75) is 27.2 Å². The number of aryl methyl sites for hydroxylation is 1. The molecule has 2 aromatic carbocycles. The third-order valence-electron chi connectivity index (χ3n) is 4.20. The van der Waals surface area contributed by atoms with Crippen molar-refractivity contribution in [1.29, 1.82) is 0 Å². The van der Waals surface area contributed by atoms with Gasteiger partial charge in [-0.2, -0.15) is 5.10 Å². The van der Waals surface area contributed by atoms with Crippen molar-refractivity contribution in [3.63, 3.8) is 0 Å². The predicted molar refractivity (Wildman–Crippen MR) is 122 cm³/mol. The molecule has 0 aliphatic rings. The molecule has 0 aliphatic heterocycles. The van der Waals surface area contributed by atoms with Crippen LogP contribution < -0.4 is 25.5 Å². The van der Waals surface area contributed by atoms with Crippen LogP contribution in [0.15, 0.2) is 47.6 Å². The summed E-state index contributed by atoms with van der Waals surface area (Å²) in [6, 6.07) is 12.6. The predicted octanol–water partition coefficient (Wildman–Crippen LogP) is 2.25. The summed E-state index contributed by atoms with van der Waals surface area (Å²) in [5.41, 5.74) is 4.64. The Kier molecular flexibility index (Phi) is 9.70. The van der Waals surface area contributed by atoms with Crippen molar-refractivity contribution in [3.05, 3.63) is 53.6 Å². The molecule has 170 valence electrons. The van der Waals surface area contributed by atoms with Crippen molar-refractivity contribution in [2.24, 2.45) is 5.10 Å². The minimum Gasteiger partial charge on any atom is -0.490 e. The van der Waals surface area contributed by atoms with Gasteiger partial charge in [-0.05, 0) is 61.7 Å². The Morgan fingerprint density at radius 2 is 1.69 bits per heavy atom. The van der Waals surface area contributed by atoms with Crippen molar-refractivity contribution in [1.82, 2.24) is 10.7 Å². The maximum atomic E-state index is 12.2. The summed E-state index contributed by atoms with van der Waals surface area (Å²) >= 11 is 0. The molecule has 3 N–H and O–H groups in total. The Morgan fingerprint density at radius 1 is 0.938 bits per heavy atom. The number of hydrazone groups is 1. The number of nitrogens with one attached hydrogen (secondary N) is 3. The highest BCUT2D eigenvalue weighted by Crippen LogP contribution is 2.28. The third-order valence-corrected chi connectivity index (χ3v) is 4.20. The number of carbonyl (C=O) groups is 3. The summed E-state index contributed by atoms with van der Waals surface area (Å²) in [7, 11) is 0. The molecule has 2 aromatic rings. The second kappa shape index (κ2) is 12.7. The van der Waals surface area contributed by atoms with Crippen LogP contribution in [0.1, 0.15) is 31.9 Å². The van der Waals surface area contributed by atoms with Gasteiger partial charge in [0.15, 0.2) is 18.1 Å². The van der Waals surface area contributed by atoms with Crippen LogP contribution in [0.5, 0.6) is 11.5 Å². The van der Waals surface area contributed by atoms with Gasteiger partial charge in [-0.3, -0.25) is 14.4 Å². The first kappa shape index (κ1) is 24.4. The lowest BCUT2D eigenvalue weighted by molar-refractivity contribution is -0.139. The fourth-order valence-electron chi connectivity index (χ4n) is 2.61. The molecule has 0 aliphatic carbocycles. The maximum absolute atomic E-state index is 12.2. The Hall–Kier alpha value is -3.88. The van der Waals surface area contributed by atoms with Gasteiger partial charge in [0.05, 0.1) is 12.8 Å². The molecule has 3 amide bonds. The molecule has 0 bridgehead atoms. The minimum atomic E-state index is -0.858. The molecule has 0 saturated heterocycles. The number of benzene rings is 2. The van der Waals surface area contributed by atoms with E-state index in [-0.39, 0.29) is 12.5 Å². The largest absolute Gasteiger partial charge is 0.490 e. The van der Waals surface area contributed by atoms with E-state index >= 15 is 0 Å². The Labute approximate surface area is 187 Å². The number of hydrogen-bond donors (Lipinski definition) is 3. The molecule has 0 heterocycles. The van der Waals surface area contributed by atoms with Crippen LogP contribution in [-0.4, -0.2) is 43.7 Å². The van der Waals surface area contributed by atoms with E-state index in [9.17, 15) is 14.4 Å². The Morgan fingerprint density at radius 3 is 2.34 bits per heavy atom. The first-order valence-corrected chi connectivity index (χ1v) is 10.4. The van der Waals surface area contributed by atoms with Gasteiger partial charge >= 0.3 is 11.8 Å². The molecule has 0 spiro atoms. The van der Waals surface area contributed by atoms with Gasteiger partial charge in [0, 0.05) is 12.2 Å². The van der Waals surface area contributed by atoms with Crippen molar-refractivity contribution < 1.29 is 23.9 Å². The Bertz CT molecular complexity index is 957. The van der Waals surface area contributed by atoms with Crippen LogP contribution in [0, 0.1) is 0 Å². The van der Waals surface area contributed by atoms with Crippen LogP contribution in [0.4, 0.5) is 5.69 Å². The summed E-state index contributed by atoms with van der Waals surface area (Å²) in [5, 5.41) is 8.92. The number of ether oxygens (including phenoxy) is 2. The minimum absolute atomic E-state index is 0.189. The normalized spacial score (nSPS) is 10.5. The number of rotatable bonds is 10. The molecule has 0 radical (unpaired) electrons. The average molecular weight is 441 g/mol. The van der Waals surface area contributed by atoms with Gasteiger partial charge < -0.3 is 20.1 Å². The molecule has 2 rings (SSSR count). The van der Waals surface area contributed by atoms with E-state index < -0.39 is 11.8 Å². The van der Waals surface area contributed by atoms with E-state index in [1.165, 1.54) is 11.8 Å². The number of anilines is 1. The monoisotopic (exact) mass is 440 g/mol. The zero-order chi connectivity index (χ0) is 23.3. The molecular formula is C23H28N4O5. The van der Waals surface area contributed by atoms with Crippen LogP contribution in [0.3, 0.4) is 0 Å². The summed E-state index contributed by atoms with van der Waals surface area (Å²) in [4.78, 5) is 35.1. The van der Waals surface area contributed by atoms with E-state index in [1.54, 1.807) is 25.1 Å². The standard InChI is InChI=1S/C23H28N4O5/c1-4-16-7-10-18(11-8-16)26-21(28)15-32-19-12-9-17(13-20(19)31-6-3)14-25-27-23(30)22(29)24-5-2/h7-14H,4-6,15H2,1-3H3,(H,24,29)(H,26,28)(H,27,30)/b25-14-. The molecule has 0 atom stereocenters. The van der Waals surface area contributed by atoms with Crippen LogP contribution >= 0.6 is 0 Å². The zero-order valence-electron chi connectivity index (χ0n) is 18.4. The van der Waals surface area contributed by atoms with Gasteiger partial charge in [0.1, 0.15) is 0 Å². The SMILES string of the molecule is CCNC(=O)C(=O)N/N=C\c1ccc(OCC(=O)Nc2ccc(CC)cc2)c(OCC)c1. The van der Waals surface area contributed by atoms with Crippen LogP contribution in [0.25, 0.3) is 0 Å². The summed E-state index contributed by atoms with van der Waals surface area (Å²) in [6.07, 6.45) is 2.30. The van der Waals surface area contributed by atoms with Gasteiger partial charge in [-0.1, -0.05) is 19.1 Å². The summed E-state index contributed by atoms with van der Waals surface area (Å²) in [6.45, 7) is 6.14. The first-order valence-electron chi connectivity index (χ1n) is 10.4. The van der Waals surface area contributed by atoms with Crippen LogP contribution in [0.2, 0.25) is 0 Å². The molecule has 0 saturated carbocycles. The molecular weight excluding hydrogens is 412 g/mol. The second-order valence-electron chi connectivity index (χ2n) is 6.59. The molecule has 9 heteroatoms. The lowest BCUT2D eigenvalue weighted by Gasteiger charge is -2.13. The highest BCUT2D eigenvalue weighted by Gasteiger charge is 2.11. The number of amides is 3. The summed E-state index contributed by atoms with van der Waals surface area (Å²) < 4.78 is 11.2. The van der Waals surface area contributed by atoms with Crippen molar-refractivity contribution >= 4 is 29.6 Å². The number of carbonyl (C=O) groups excluding carboxylic acids is 3. The van der Waals surface area contributed by atoms with Gasteiger partial charge in [0.25, 0.3) is 5.91 Å². The lowest BCUT2D eigenvalue weighted by Crippen LogP contribution is -2.37. The van der Waals surface area contributed by atoms with Crippen molar-refractivity contribution in [2.75, 3.05) is 25.1 Å². The second-order valence-corrected chi connectivity index (χ2v) is 6.59.